The first-order valence-corrected chi connectivity index (χ1v) is 6.68. The topological polar surface area (TPSA) is 44.8 Å². The fourth-order valence-electron chi connectivity index (χ4n) is 2.63. The van der Waals surface area contributed by atoms with Gasteiger partial charge in [-0.15, -0.1) is 0 Å². The lowest BCUT2D eigenvalue weighted by molar-refractivity contribution is 0.0454. The van der Waals surface area contributed by atoms with Crippen LogP contribution in [0.3, 0.4) is 0 Å². The molecule has 108 valence electrons. The van der Waals surface area contributed by atoms with Gasteiger partial charge in [0, 0.05) is 5.56 Å². The van der Waals surface area contributed by atoms with Crippen LogP contribution in [-0.4, -0.2) is 20.2 Å². The molecular weight excluding hydrogens is 268 g/mol. The molecule has 0 N–H and O–H groups in total. The van der Waals surface area contributed by atoms with Crippen molar-refractivity contribution in [1.82, 2.24) is 0 Å². The smallest absolute Gasteiger partial charge is 0.339 e. The maximum Gasteiger partial charge on any atom is 0.339 e. The summed E-state index contributed by atoms with van der Waals surface area (Å²) in [5.41, 5.74) is 3.23. The number of fused-ring (bicyclic) bond motifs is 1. The van der Waals surface area contributed by atoms with Crippen LogP contribution in [0, 0.1) is 6.92 Å². The lowest BCUT2D eigenvalue weighted by atomic mass is 9.97. The zero-order valence-corrected chi connectivity index (χ0v) is 12.2. The Kier molecular flexibility index (Phi) is 3.29. The van der Waals surface area contributed by atoms with E-state index in [1.807, 2.05) is 31.2 Å². The number of benzene rings is 2. The molecule has 0 saturated carbocycles. The third kappa shape index (κ3) is 2.13. The number of hydrogen-bond donors (Lipinski definition) is 0. The summed E-state index contributed by atoms with van der Waals surface area (Å²) in [4.78, 5) is 12.0. The molecule has 0 fully saturated rings. The van der Waals surface area contributed by atoms with E-state index in [4.69, 9.17) is 14.2 Å². The number of methoxy groups -OCH3 is 2. The average Bonchev–Trinajstić information content (AvgIpc) is 2.85. The molecule has 0 saturated heterocycles. The van der Waals surface area contributed by atoms with Gasteiger partial charge in [0.2, 0.25) is 0 Å². The number of carbonyl (C=O) groups excluding carboxylic acids is 1. The van der Waals surface area contributed by atoms with Gasteiger partial charge in [0.05, 0.1) is 25.3 Å². The Morgan fingerprint density at radius 3 is 2.52 bits per heavy atom. The average molecular weight is 284 g/mol. The van der Waals surface area contributed by atoms with Gasteiger partial charge in [-0.3, -0.25) is 0 Å². The molecule has 2 aromatic rings. The minimum atomic E-state index is -0.460. The third-order valence-electron chi connectivity index (χ3n) is 3.73. The summed E-state index contributed by atoms with van der Waals surface area (Å²) in [6, 6.07) is 11.2. The SMILES string of the molecule is COc1cc(C2OC(=O)c3cccc(OC)c32)ccc1C. The molecule has 0 radical (unpaired) electrons. The van der Waals surface area contributed by atoms with Crippen LogP contribution >= 0.6 is 0 Å². The van der Waals surface area contributed by atoms with E-state index in [0.29, 0.717) is 11.3 Å². The molecule has 4 nitrogen and oxygen atoms in total. The van der Waals surface area contributed by atoms with Crippen LogP contribution in [0.2, 0.25) is 0 Å². The predicted octanol–water partition coefficient (Wildman–Crippen LogP) is 3.27. The van der Waals surface area contributed by atoms with Crippen molar-refractivity contribution in [3.63, 3.8) is 0 Å². The van der Waals surface area contributed by atoms with Gasteiger partial charge >= 0.3 is 5.97 Å². The molecular formula is C17H16O4. The van der Waals surface area contributed by atoms with Gasteiger partial charge in [0.15, 0.2) is 6.10 Å². The standard InChI is InChI=1S/C17H16O4/c1-10-7-8-11(9-14(10)20-3)16-15-12(17(18)21-16)5-4-6-13(15)19-2/h4-9,16H,1-3H3. The van der Waals surface area contributed by atoms with Gasteiger partial charge in [0.25, 0.3) is 0 Å². The van der Waals surface area contributed by atoms with Crippen molar-refractivity contribution in [3.05, 3.63) is 58.7 Å². The Hall–Kier alpha value is -2.49. The first-order chi connectivity index (χ1) is 10.2. The molecule has 21 heavy (non-hydrogen) atoms. The maximum atomic E-state index is 12.0. The molecule has 0 aromatic heterocycles. The van der Waals surface area contributed by atoms with Crippen molar-refractivity contribution < 1.29 is 19.0 Å². The number of aryl methyl sites for hydroxylation is 1. The van der Waals surface area contributed by atoms with Gasteiger partial charge < -0.3 is 14.2 Å². The molecule has 1 aliphatic rings. The van der Waals surface area contributed by atoms with E-state index in [1.54, 1.807) is 26.4 Å². The molecule has 2 aromatic carbocycles. The fraction of sp³-hybridized carbons (Fsp3) is 0.235. The number of rotatable bonds is 3. The van der Waals surface area contributed by atoms with Gasteiger partial charge in [-0.05, 0) is 30.7 Å². The lowest BCUT2D eigenvalue weighted by Gasteiger charge is -2.15. The first kappa shape index (κ1) is 13.5. The normalized spacial score (nSPS) is 16.3. The van der Waals surface area contributed by atoms with Crippen LogP contribution < -0.4 is 9.47 Å². The van der Waals surface area contributed by atoms with E-state index >= 15 is 0 Å². The minimum absolute atomic E-state index is 0.326. The fourth-order valence-corrected chi connectivity index (χ4v) is 2.63. The quantitative estimate of drug-likeness (QED) is 0.811. The first-order valence-electron chi connectivity index (χ1n) is 6.68. The highest BCUT2D eigenvalue weighted by Gasteiger charge is 2.35. The van der Waals surface area contributed by atoms with Crippen molar-refractivity contribution in [1.29, 1.82) is 0 Å². The van der Waals surface area contributed by atoms with Crippen LogP contribution in [0.5, 0.6) is 11.5 Å². The largest absolute Gasteiger partial charge is 0.496 e. The molecule has 1 aliphatic heterocycles. The van der Waals surface area contributed by atoms with Gasteiger partial charge in [-0.25, -0.2) is 4.79 Å². The second-order valence-corrected chi connectivity index (χ2v) is 4.94. The van der Waals surface area contributed by atoms with E-state index in [-0.39, 0.29) is 5.97 Å². The van der Waals surface area contributed by atoms with Crippen LogP contribution in [0.1, 0.15) is 33.2 Å². The molecule has 0 amide bonds. The van der Waals surface area contributed by atoms with Crippen LogP contribution in [0.4, 0.5) is 0 Å². The van der Waals surface area contributed by atoms with Gasteiger partial charge in [-0.2, -0.15) is 0 Å². The second-order valence-electron chi connectivity index (χ2n) is 4.94. The summed E-state index contributed by atoms with van der Waals surface area (Å²) in [6.07, 6.45) is -0.460. The molecule has 4 heteroatoms. The molecule has 1 heterocycles. The number of esters is 1. The number of hydrogen-bond acceptors (Lipinski definition) is 4. The van der Waals surface area contributed by atoms with Crippen molar-refractivity contribution >= 4 is 5.97 Å². The van der Waals surface area contributed by atoms with Gasteiger partial charge in [-0.1, -0.05) is 18.2 Å². The Labute approximate surface area is 123 Å². The maximum absolute atomic E-state index is 12.0. The highest BCUT2D eigenvalue weighted by Crippen LogP contribution is 2.42. The van der Waals surface area contributed by atoms with Gasteiger partial charge in [0.1, 0.15) is 11.5 Å². The summed E-state index contributed by atoms with van der Waals surface area (Å²) in [5, 5.41) is 0. The second kappa shape index (κ2) is 5.13. The van der Waals surface area contributed by atoms with Crippen molar-refractivity contribution in [2.24, 2.45) is 0 Å². The monoisotopic (exact) mass is 284 g/mol. The summed E-state index contributed by atoms with van der Waals surface area (Å²) in [5.74, 6) is 1.10. The van der Waals surface area contributed by atoms with E-state index < -0.39 is 6.10 Å². The molecule has 3 rings (SSSR count). The number of ether oxygens (including phenoxy) is 3. The summed E-state index contributed by atoms with van der Waals surface area (Å²) < 4.78 is 16.2. The number of carbonyl (C=O) groups is 1. The number of cyclic esters (lactones) is 1. The van der Waals surface area contributed by atoms with Crippen molar-refractivity contribution in [2.45, 2.75) is 13.0 Å². The Morgan fingerprint density at radius 2 is 1.81 bits per heavy atom. The predicted molar refractivity (Wildman–Crippen MR) is 78.0 cm³/mol. The Bertz CT molecular complexity index is 706. The Morgan fingerprint density at radius 1 is 1.05 bits per heavy atom. The molecule has 1 atom stereocenters. The lowest BCUT2D eigenvalue weighted by Crippen LogP contribution is -2.03. The van der Waals surface area contributed by atoms with E-state index in [1.165, 1.54) is 0 Å². The summed E-state index contributed by atoms with van der Waals surface area (Å²) in [7, 11) is 3.21. The summed E-state index contributed by atoms with van der Waals surface area (Å²) in [6.45, 7) is 1.97. The molecule has 0 bridgehead atoms. The van der Waals surface area contributed by atoms with E-state index in [0.717, 1.165) is 22.4 Å². The van der Waals surface area contributed by atoms with Crippen LogP contribution in [0.25, 0.3) is 0 Å². The minimum Gasteiger partial charge on any atom is -0.496 e. The van der Waals surface area contributed by atoms with Crippen LogP contribution in [-0.2, 0) is 4.74 Å². The zero-order valence-electron chi connectivity index (χ0n) is 12.2. The molecule has 0 spiro atoms. The highest BCUT2D eigenvalue weighted by atomic mass is 16.6. The molecule has 1 unspecified atom stereocenters. The van der Waals surface area contributed by atoms with Crippen LogP contribution in [0.15, 0.2) is 36.4 Å². The highest BCUT2D eigenvalue weighted by molar-refractivity contribution is 5.95. The third-order valence-corrected chi connectivity index (χ3v) is 3.73. The van der Waals surface area contributed by atoms with Crippen molar-refractivity contribution in [3.8, 4) is 11.5 Å². The zero-order chi connectivity index (χ0) is 15.0. The summed E-state index contributed by atoms with van der Waals surface area (Å²) >= 11 is 0. The van der Waals surface area contributed by atoms with E-state index in [9.17, 15) is 4.79 Å². The van der Waals surface area contributed by atoms with Crippen molar-refractivity contribution in [2.75, 3.05) is 14.2 Å². The Balaban J connectivity index is 2.13. The van der Waals surface area contributed by atoms with E-state index in [2.05, 4.69) is 0 Å². The molecule has 0 aliphatic carbocycles.